The predicted molar refractivity (Wildman–Crippen MR) is 126 cm³/mol. The van der Waals surface area contributed by atoms with Crippen LogP contribution >= 0.6 is 22.9 Å². The number of aliphatic imine (C=N–C) groups is 1. The Morgan fingerprint density at radius 2 is 2.12 bits per heavy atom. The van der Waals surface area contributed by atoms with Gasteiger partial charge >= 0.3 is 0 Å². The van der Waals surface area contributed by atoms with Gasteiger partial charge in [-0.15, -0.1) is 11.3 Å². The van der Waals surface area contributed by atoms with Crippen LogP contribution in [0.15, 0.2) is 47.7 Å². The third-order valence-electron chi connectivity index (χ3n) is 5.30. The van der Waals surface area contributed by atoms with Gasteiger partial charge in [0.15, 0.2) is 5.54 Å². The summed E-state index contributed by atoms with van der Waals surface area (Å²) >= 11 is 7.08. The molecule has 1 saturated heterocycles. The Morgan fingerprint density at radius 1 is 1.28 bits per heavy atom. The summed E-state index contributed by atoms with van der Waals surface area (Å²) < 4.78 is 11.3. The van der Waals surface area contributed by atoms with Crippen LogP contribution in [0.2, 0.25) is 4.34 Å². The molecule has 1 aromatic carbocycles. The number of halogens is 1. The number of benzene rings is 1. The molecule has 1 fully saturated rings. The third kappa shape index (κ3) is 4.50. The van der Waals surface area contributed by atoms with Gasteiger partial charge in [0.2, 0.25) is 0 Å². The number of anilines is 2. The normalized spacial score (nSPS) is 21.5. The van der Waals surface area contributed by atoms with Crippen LogP contribution in [0, 0.1) is 6.92 Å². The number of rotatable bonds is 5. The summed E-state index contributed by atoms with van der Waals surface area (Å²) in [4.78, 5) is 32.7. The molecule has 2 aliphatic rings. The monoisotopic (exact) mass is 474 g/mol. The molecule has 0 aliphatic carbocycles. The van der Waals surface area contributed by atoms with E-state index in [9.17, 15) is 9.59 Å². The van der Waals surface area contributed by atoms with Gasteiger partial charge in [-0.2, -0.15) is 0 Å². The van der Waals surface area contributed by atoms with Crippen molar-refractivity contribution in [1.29, 1.82) is 0 Å². The predicted octanol–water partition coefficient (Wildman–Crippen LogP) is 3.23. The van der Waals surface area contributed by atoms with Gasteiger partial charge in [-0.25, -0.2) is 0 Å². The van der Waals surface area contributed by atoms with Crippen molar-refractivity contribution >= 4 is 52.0 Å². The van der Waals surface area contributed by atoms with Crippen LogP contribution in [0.3, 0.4) is 0 Å². The fourth-order valence-corrected chi connectivity index (χ4v) is 4.56. The highest BCUT2D eigenvalue weighted by Gasteiger charge is 2.42. The summed E-state index contributed by atoms with van der Waals surface area (Å²) in [6.07, 6.45) is 2.97. The zero-order valence-corrected chi connectivity index (χ0v) is 19.3. The SMILES string of the molecule is CN=C1COCCN1c1ccc(NC(=O)[C@]2(NC(=O)c3ccc(Cl)s3)C=COC2)cc1C. The molecule has 32 heavy (non-hydrogen) atoms. The van der Waals surface area contributed by atoms with Crippen molar-refractivity contribution in [2.75, 3.05) is 43.6 Å². The van der Waals surface area contributed by atoms with E-state index in [1.54, 1.807) is 25.3 Å². The first kappa shape index (κ1) is 22.3. The fraction of sp³-hybridized carbons (Fsp3) is 0.318. The second-order valence-corrected chi connectivity index (χ2v) is 9.16. The first-order chi connectivity index (χ1) is 15.4. The topological polar surface area (TPSA) is 92.3 Å². The zero-order valence-electron chi connectivity index (χ0n) is 17.7. The molecule has 0 saturated carbocycles. The number of carbonyl (C=O) groups excluding carboxylic acids is 2. The van der Waals surface area contributed by atoms with E-state index in [2.05, 4.69) is 20.5 Å². The average molecular weight is 475 g/mol. The number of morpholine rings is 1. The summed E-state index contributed by atoms with van der Waals surface area (Å²) in [5.41, 5.74) is 1.29. The molecule has 2 N–H and O–H groups in total. The van der Waals surface area contributed by atoms with Crippen LogP contribution in [0.5, 0.6) is 0 Å². The highest BCUT2D eigenvalue weighted by molar-refractivity contribution is 7.18. The molecule has 3 heterocycles. The number of thiophene rings is 1. The summed E-state index contributed by atoms with van der Waals surface area (Å²) in [5, 5.41) is 5.69. The van der Waals surface area contributed by atoms with Crippen molar-refractivity contribution in [1.82, 2.24) is 5.32 Å². The Balaban J connectivity index is 1.51. The quantitative estimate of drug-likeness (QED) is 0.694. The summed E-state index contributed by atoms with van der Waals surface area (Å²) in [7, 11) is 1.75. The lowest BCUT2D eigenvalue weighted by atomic mass is 10.00. The minimum absolute atomic E-state index is 0.00481. The number of ether oxygens (including phenoxy) is 2. The van der Waals surface area contributed by atoms with Gasteiger partial charge in [-0.05, 0) is 48.9 Å². The number of hydrogen-bond donors (Lipinski definition) is 2. The van der Waals surface area contributed by atoms with E-state index in [0.717, 1.165) is 28.4 Å². The highest BCUT2D eigenvalue weighted by atomic mass is 35.5. The lowest BCUT2D eigenvalue weighted by Gasteiger charge is -2.31. The molecule has 0 unspecified atom stereocenters. The maximum absolute atomic E-state index is 13.2. The number of nitrogens with one attached hydrogen (secondary N) is 2. The van der Waals surface area contributed by atoms with Gasteiger partial charge in [-0.3, -0.25) is 14.6 Å². The Bertz CT molecular complexity index is 1100. The molecule has 0 spiro atoms. The van der Waals surface area contributed by atoms with Crippen molar-refractivity contribution in [3.05, 3.63) is 57.4 Å². The molecule has 1 aromatic heterocycles. The van der Waals surface area contributed by atoms with Gasteiger partial charge in [0, 0.05) is 25.0 Å². The number of carbonyl (C=O) groups is 2. The Hall–Kier alpha value is -2.88. The number of hydrogen-bond acceptors (Lipinski definition) is 6. The van der Waals surface area contributed by atoms with Crippen LogP contribution in [0.4, 0.5) is 11.4 Å². The maximum atomic E-state index is 13.2. The second kappa shape index (κ2) is 9.32. The molecule has 2 aromatic rings. The molecular weight excluding hydrogens is 452 g/mol. The van der Waals surface area contributed by atoms with Crippen molar-refractivity contribution in [2.45, 2.75) is 12.5 Å². The summed E-state index contributed by atoms with van der Waals surface area (Å²) in [6, 6.07) is 8.93. The average Bonchev–Trinajstić information content (AvgIpc) is 3.44. The van der Waals surface area contributed by atoms with Crippen LogP contribution in [-0.2, 0) is 14.3 Å². The fourth-order valence-electron chi connectivity index (χ4n) is 3.62. The van der Waals surface area contributed by atoms with Crippen LogP contribution in [-0.4, -0.2) is 56.6 Å². The van der Waals surface area contributed by atoms with Crippen LogP contribution in [0.25, 0.3) is 0 Å². The largest absolute Gasteiger partial charge is 0.498 e. The molecular formula is C22H23ClN4O4S. The molecule has 4 rings (SSSR count). The zero-order chi connectivity index (χ0) is 22.7. The molecule has 168 valence electrons. The lowest BCUT2D eigenvalue weighted by molar-refractivity contribution is -0.121. The van der Waals surface area contributed by atoms with E-state index >= 15 is 0 Å². The summed E-state index contributed by atoms with van der Waals surface area (Å²) in [5.74, 6) is 0.0775. The van der Waals surface area contributed by atoms with Gasteiger partial charge in [0.25, 0.3) is 11.8 Å². The Labute approximate surface area is 194 Å². The van der Waals surface area contributed by atoms with E-state index < -0.39 is 17.4 Å². The second-order valence-electron chi connectivity index (χ2n) is 7.44. The first-order valence-corrected chi connectivity index (χ1v) is 11.2. The number of amides is 2. The Kier molecular flexibility index (Phi) is 6.50. The van der Waals surface area contributed by atoms with E-state index in [1.807, 2.05) is 25.1 Å². The standard InChI is InChI=1S/C22H23ClN4O4S/c1-14-11-15(3-4-16(14)27-8-10-30-12-19(27)24-2)25-21(29)22(7-9-31-13-22)26-20(28)17-5-6-18(23)32-17/h3-7,9,11H,8,10,12-13H2,1-2H3,(H,25,29)(H,26,28)/t22-/m0/s1. The number of nitrogens with zero attached hydrogens (tertiary/aromatic N) is 2. The molecule has 8 nitrogen and oxygen atoms in total. The lowest BCUT2D eigenvalue weighted by Crippen LogP contribution is -2.56. The van der Waals surface area contributed by atoms with Gasteiger partial charge in [0.05, 0.1) is 22.1 Å². The molecule has 10 heteroatoms. The third-order valence-corrected chi connectivity index (χ3v) is 6.53. The van der Waals surface area contributed by atoms with E-state index in [0.29, 0.717) is 34.7 Å². The number of amidine groups is 1. The number of aryl methyl sites for hydroxylation is 1. The molecule has 2 aliphatic heterocycles. The van der Waals surface area contributed by atoms with Crippen molar-refractivity contribution < 1.29 is 19.1 Å². The summed E-state index contributed by atoms with van der Waals surface area (Å²) in [6.45, 7) is 3.79. The van der Waals surface area contributed by atoms with Gasteiger partial charge < -0.3 is 25.0 Å². The van der Waals surface area contributed by atoms with Crippen LogP contribution < -0.4 is 15.5 Å². The highest BCUT2D eigenvalue weighted by Crippen LogP contribution is 2.27. The molecule has 1 atom stereocenters. The molecule has 0 radical (unpaired) electrons. The van der Waals surface area contributed by atoms with E-state index in [-0.39, 0.29) is 6.61 Å². The minimum atomic E-state index is -1.31. The van der Waals surface area contributed by atoms with Crippen molar-refractivity contribution in [2.24, 2.45) is 4.99 Å². The van der Waals surface area contributed by atoms with Crippen LogP contribution in [0.1, 0.15) is 15.2 Å². The van der Waals surface area contributed by atoms with E-state index in [4.69, 9.17) is 21.1 Å². The first-order valence-electron chi connectivity index (χ1n) is 10.0. The van der Waals surface area contributed by atoms with E-state index in [1.165, 1.54) is 6.26 Å². The van der Waals surface area contributed by atoms with Crippen molar-refractivity contribution in [3.8, 4) is 0 Å². The Morgan fingerprint density at radius 3 is 2.78 bits per heavy atom. The molecule has 0 bridgehead atoms. The smallest absolute Gasteiger partial charge is 0.262 e. The maximum Gasteiger partial charge on any atom is 0.262 e. The van der Waals surface area contributed by atoms with Gasteiger partial charge in [0.1, 0.15) is 19.0 Å². The minimum Gasteiger partial charge on any atom is -0.498 e. The van der Waals surface area contributed by atoms with Gasteiger partial charge in [-0.1, -0.05) is 11.6 Å². The molecule has 2 amide bonds. The van der Waals surface area contributed by atoms with Crippen molar-refractivity contribution in [3.63, 3.8) is 0 Å².